The fourth-order valence-electron chi connectivity index (χ4n) is 3.54. The van der Waals surface area contributed by atoms with Gasteiger partial charge in [-0.05, 0) is 54.9 Å². The summed E-state index contributed by atoms with van der Waals surface area (Å²) in [6.45, 7) is 7.61. The number of nitrogens with one attached hydrogen (secondary N) is 1. The molecular weight excluding hydrogens is 459 g/mol. The second kappa shape index (κ2) is 11.3. The van der Waals surface area contributed by atoms with Crippen molar-refractivity contribution in [1.82, 2.24) is 9.80 Å². The van der Waals surface area contributed by atoms with Crippen molar-refractivity contribution in [2.24, 2.45) is 0 Å². The molecule has 0 bridgehead atoms. The lowest BCUT2D eigenvalue weighted by atomic mass is 10.1. The molecule has 2 aromatic rings. The van der Waals surface area contributed by atoms with Crippen LogP contribution >= 0.6 is 23.8 Å². The van der Waals surface area contributed by atoms with Crippen molar-refractivity contribution in [1.29, 1.82) is 0 Å². The number of benzene rings is 2. The van der Waals surface area contributed by atoms with Crippen molar-refractivity contribution in [3.8, 4) is 0 Å². The van der Waals surface area contributed by atoms with Crippen LogP contribution in [0.3, 0.4) is 0 Å². The zero-order chi connectivity index (χ0) is 23.1. The SMILES string of the molecule is Cc1ccccc1CN(CCCN1CCOCC1)C(=S)Nc1ccc(C(F)(F)F)cc1Cl. The van der Waals surface area contributed by atoms with Crippen LogP contribution in [0, 0.1) is 6.92 Å². The summed E-state index contributed by atoms with van der Waals surface area (Å²) in [4.78, 5) is 4.39. The number of alkyl halides is 3. The molecule has 0 aliphatic carbocycles. The number of nitrogens with zero attached hydrogens (tertiary/aromatic N) is 2. The van der Waals surface area contributed by atoms with E-state index >= 15 is 0 Å². The van der Waals surface area contributed by atoms with E-state index in [-0.39, 0.29) is 5.02 Å². The lowest BCUT2D eigenvalue weighted by Crippen LogP contribution is -2.40. The first kappa shape index (κ1) is 24.8. The van der Waals surface area contributed by atoms with Gasteiger partial charge in [0.05, 0.1) is 29.5 Å². The minimum absolute atomic E-state index is 0.0219. The molecule has 0 atom stereocenters. The Morgan fingerprint density at radius 1 is 1.19 bits per heavy atom. The molecule has 1 aliphatic rings. The Morgan fingerprint density at radius 3 is 2.56 bits per heavy atom. The van der Waals surface area contributed by atoms with Crippen LogP contribution in [0.15, 0.2) is 42.5 Å². The minimum atomic E-state index is -4.45. The van der Waals surface area contributed by atoms with Gasteiger partial charge in [0, 0.05) is 32.7 Å². The van der Waals surface area contributed by atoms with Gasteiger partial charge in [0.2, 0.25) is 0 Å². The lowest BCUT2D eigenvalue weighted by molar-refractivity contribution is -0.137. The first-order valence-corrected chi connectivity index (χ1v) is 11.3. The van der Waals surface area contributed by atoms with Crippen molar-refractivity contribution in [3.63, 3.8) is 0 Å². The van der Waals surface area contributed by atoms with Gasteiger partial charge in [-0.25, -0.2) is 0 Å². The van der Waals surface area contributed by atoms with Crippen LogP contribution in [0.25, 0.3) is 0 Å². The molecule has 0 aromatic heterocycles. The van der Waals surface area contributed by atoms with Gasteiger partial charge in [0.1, 0.15) is 0 Å². The zero-order valence-electron chi connectivity index (χ0n) is 17.9. The molecule has 174 valence electrons. The second-order valence-corrected chi connectivity index (χ2v) is 8.57. The maximum atomic E-state index is 12.9. The molecule has 4 nitrogen and oxygen atoms in total. The largest absolute Gasteiger partial charge is 0.416 e. The van der Waals surface area contributed by atoms with Gasteiger partial charge < -0.3 is 15.0 Å². The summed E-state index contributed by atoms with van der Waals surface area (Å²) in [7, 11) is 0. The van der Waals surface area contributed by atoms with E-state index in [9.17, 15) is 13.2 Å². The highest BCUT2D eigenvalue weighted by Crippen LogP contribution is 2.34. The Balaban J connectivity index is 1.69. The second-order valence-electron chi connectivity index (χ2n) is 7.78. The molecule has 0 spiro atoms. The molecule has 0 unspecified atom stereocenters. The van der Waals surface area contributed by atoms with E-state index in [0.29, 0.717) is 23.9 Å². The van der Waals surface area contributed by atoms with E-state index < -0.39 is 11.7 Å². The van der Waals surface area contributed by atoms with Crippen LogP contribution < -0.4 is 5.32 Å². The van der Waals surface area contributed by atoms with E-state index in [0.717, 1.165) is 62.5 Å². The molecular formula is C23H27ClF3N3OS. The lowest BCUT2D eigenvalue weighted by Gasteiger charge is -2.30. The first-order chi connectivity index (χ1) is 15.2. The highest BCUT2D eigenvalue weighted by Gasteiger charge is 2.31. The highest BCUT2D eigenvalue weighted by atomic mass is 35.5. The molecule has 1 N–H and O–H groups in total. The van der Waals surface area contributed by atoms with Crippen LogP contribution in [-0.4, -0.2) is 54.3 Å². The summed E-state index contributed by atoms with van der Waals surface area (Å²) in [5.74, 6) is 0. The monoisotopic (exact) mass is 485 g/mol. The average molecular weight is 486 g/mol. The Kier molecular flexibility index (Phi) is 8.76. The summed E-state index contributed by atoms with van der Waals surface area (Å²) >= 11 is 11.8. The Hall–Kier alpha value is -1.87. The van der Waals surface area contributed by atoms with Crippen molar-refractivity contribution in [2.75, 3.05) is 44.7 Å². The third-order valence-corrected chi connectivity index (χ3v) is 6.13. The summed E-state index contributed by atoms with van der Waals surface area (Å²) in [5.41, 5.74) is 1.86. The van der Waals surface area contributed by atoms with Gasteiger partial charge in [-0.15, -0.1) is 0 Å². The van der Waals surface area contributed by atoms with Crippen LogP contribution in [0.2, 0.25) is 5.02 Å². The third-order valence-electron chi connectivity index (χ3n) is 5.45. The van der Waals surface area contributed by atoms with E-state index in [2.05, 4.69) is 16.3 Å². The van der Waals surface area contributed by atoms with Crippen molar-refractivity contribution in [3.05, 3.63) is 64.2 Å². The van der Waals surface area contributed by atoms with Gasteiger partial charge in [-0.1, -0.05) is 35.9 Å². The third kappa shape index (κ3) is 7.07. The highest BCUT2D eigenvalue weighted by molar-refractivity contribution is 7.80. The van der Waals surface area contributed by atoms with Gasteiger partial charge in [-0.2, -0.15) is 13.2 Å². The van der Waals surface area contributed by atoms with E-state index in [4.69, 9.17) is 28.6 Å². The van der Waals surface area contributed by atoms with E-state index in [1.165, 1.54) is 6.07 Å². The molecule has 1 fully saturated rings. The standard InChI is InChI=1S/C23H27ClF3N3OS/c1-17-5-2-3-6-18(17)16-30(10-4-9-29-11-13-31-14-12-29)22(32)28-21-8-7-19(15-20(21)24)23(25,26)27/h2-3,5-8,15H,4,9-14,16H2,1H3,(H,28,32). The van der Waals surface area contributed by atoms with Crippen molar-refractivity contribution >= 4 is 34.6 Å². The van der Waals surface area contributed by atoms with Crippen LogP contribution in [-0.2, 0) is 17.5 Å². The number of thiocarbonyl (C=S) groups is 1. The average Bonchev–Trinajstić information content (AvgIpc) is 2.75. The maximum absolute atomic E-state index is 12.9. The summed E-state index contributed by atoms with van der Waals surface area (Å²) in [6.07, 6.45) is -3.55. The Labute approximate surface area is 197 Å². The number of hydrogen-bond acceptors (Lipinski definition) is 3. The molecule has 3 rings (SSSR count). The quantitative estimate of drug-likeness (QED) is 0.516. The summed E-state index contributed by atoms with van der Waals surface area (Å²) in [6, 6.07) is 11.3. The van der Waals surface area contributed by atoms with Gasteiger partial charge >= 0.3 is 6.18 Å². The van der Waals surface area contributed by atoms with E-state index in [1.807, 2.05) is 30.0 Å². The maximum Gasteiger partial charge on any atom is 0.416 e. The van der Waals surface area contributed by atoms with Crippen molar-refractivity contribution in [2.45, 2.75) is 26.1 Å². The molecule has 2 aromatic carbocycles. The van der Waals surface area contributed by atoms with E-state index in [1.54, 1.807) is 0 Å². The fourth-order valence-corrected chi connectivity index (χ4v) is 4.04. The molecule has 1 heterocycles. The number of ether oxygens (including phenoxy) is 1. The molecule has 1 aliphatic heterocycles. The molecule has 0 radical (unpaired) electrons. The predicted molar refractivity (Wildman–Crippen MR) is 126 cm³/mol. The molecule has 0 amide bonds. The molecule has 0 saturated carbocycles. The Morgan fingerprint density at radius 2 is 1.91 bits per heavy atom. The zero-order valence-corrected chi connectivity index (χ0v) is 19.5. The van der Waals surface area contributed by atoms with Crippen molar-refractivity contribution < 1.29 is 17.9 Å². The number of aryl methyl sites for hydroxylation is 1. The molecule has 1 saturated heterocycles. The summed E-state index contributed by atoms with van der Waals surface area (Å²) < 4.78 is 44.2. The summed E-state index contributed by atoms with van der Waals surface area (Å²) in [5, 5.41) is 3.45. The van der Waals surface area contributed by atoms with Gasteiger partial charge in [0.25, 0.3) is 0 Å². The number of rotatable bonds is 7. The normalized spacial score (nSPS) is 14.9. The predicted octanol–water partition coefficient (Wildman–Crippen LogP) is 5.59. The minimum Gasteiger partial charge on any atom is -0.379 e. The Bertz CT molecular complexity index is 920. The molecule has 9 heteroatoms. The van der Waals surface area contributed by atoms with Gasteiger partial charge in [-0.3, -0.25) is 4.90 Å². The molecule has 32 heavy (non-hydrogen) atoms. The van der Waals surface area contributed by atoms with Gasteiger partial charge in [0.15, 0.2) is 5.11 Å². The first-order valence-electron chi connectivity index (χ1n) is 10.5. The van der Waals surface area contributed by atoms with Crippen LogP contribution in [0.1, 0.15) is 23.1 Å². The smallest absolute Gasteiger partial charge is 0.379 e. The van der Waals surface area contributed by atoms with Crippen LogP contribution in [0.4, 0.5) is 18.9 Å². The van der Waals surface area contributed by atoms with Crippen LogP contribution in [0.5, 0.6) is 0 Å². The number of hydrogen-bond donors (Lipinski definition) is 1. The number of anilines is 1. The fraction of sp³-hybridized carbons (Fsp3) is 0.435. The topological polar surface area (TPSA) is 27.7 Å². The number of halogens is 4. The number of morpholine rings is 1.